The van der Waals surface area contributed by atoms with Gasteiger partial charge in [0.15, 0.2) is 0 Å². The molecule has 3 nitrogen and oxygen atoms in total. The number of rotatable bonds is 3. The zero-order valence-electron chi connectivity index (χ0n) is 9.33. The monoisotopic (exact) mass is 259 g/mol. The Kier molecular flexibility index (Phi) is 4.90. The van der Waals surface area contributed by atoms with Gasteiger partial charge in [-0.1, -0.05) is 6.07 Å². The summed E-state index contributed by atoms with van der Waals surface area (Å²) in [5.41, 5.74) is 2.52. The average Bonchev–Trinajstić information content (AvgIpc) is 2.26. The molecule has 94 valence electrons. The minimum atomic E-state index is -0.847. The van der Waals surface area contributed by atoms with Crippen LogP contribution in [-0.4, -0.2) is 17.6 Å². The first-order chi connectivity index (χ1) is 7.66. The molecule has 2 rings (SSSR count). The summed E-state index contributed by atoms with van der Waals surface area (Å²) in [6.45, 7) is 1.43. The molecule has 0 amide bonds. The predicted molar refractivity (Wildman–Crippen MR) is 65.0 cm³/mol. The Morgan fingerprint density at radius 3 is 2.94 bits per heavy atom. The molecule has 0 saturated heterocycles. The van der Waals surface area contributed by atoms with Gasteiger partial charge < -0.3 is 10.4 Å². The van der Waals surface area contributed by atoms with E-state index in [0.29, 0.717) is 13.0 Å². The van der Waals surface area contributed by atoms with Crippen molar-refractivity contribution in [2.24, 2.45) is 0 Å². The summed E-state index contributed by atoms with van der Waals surface area (Å²) < 4.78 is 13.7. The van der Waals surface area contributed by atoms with Crippen LogP contribution < -0.4 is 5.32 Å². The molecule has 0 aromatic heterocycles. The SMILES string of the molecule is Cl.O=C(O)CCc1cc(F)c2c(c1)CCNC2. The summed E-state index contributed by atoms with van der Waals surface area (Å²) in [7, 11) is 0. The van der Waals surface area contributed by atoms with Crippen molar-refractivity contribution in [2.45, 2.75) is 25.8 Å². The zero-order valence-corrected chi connectivity index (χ0v) is 10.1. The van der Waals surface area contributed by atoms with E-state index in [-0.39, 0.29) is 24.6 Å². The van der Waals surface area contributed by atoms with Gasteiger partial charge in [0.1, 0.15) is 5.82 Å². The number of fused-ring (bicyclic) bond motifs is 1. The van der Waals surface area contributed by atoms with Crippen LogP contribution in [0.1, 0.15) is 23.1 Å². The number of nitrogens with one attached hydrogen (secondary N) is 1. The second kappa shape index (κ2) is 5.98. The maximum Gasteiger partial charge on any atom is 0.303 e. The first-order valence-corrected chi connectivity index (χ1v) is 5.39. The van der Waals surface area contributed by atoms with Crippen LogP contribution in [0, 0.1) is 5.82 Å². The molecule has 1 aromatic rings. The normalized spacial score (nSPS) is 13.7. The molecular formula is C12H15ClFNO2. The van der Waals surface area contributed by atoms with Crippen molar-refractivity contribution >= 4 is 18.4 Å². The number of aryl methyl sites for hydroxylation is 1. The lowest BCUT2D eigenvalue weighted by molar-refractivity contribution is -0.136. The molecule has 0 saturated carbocycles. The van der Waals surface area contributed by atoms with E-state index >= 15 is 0 Å². The summed E-state index contributed by atoms with van der Waals surface area (Å²) in [5, 5.41) is 11.7. The van der Waals surface area contributed by atoms with Crippen molar-refractivity contribution < 1.29 is 14.3 Å². The van der Waals surface area contributed by atoms with Gasteiger partial charge in [-0.3, -0.25) is 4.79 Å². The topological polar surface area (TPSA) is 49.3 Å². The molecule has 0 unspecified atom stereocenters. The molecular weight excluding hydrogens is 245 g/mol. The fourth-order valence-electron chi connectivity index (χ4n) is 2.01. The average molecular weight is 260 g/mol. The van der Waals surface area contributed by atoms with Gasteiger partial charge in [0.25, 0.3) is 0 Å². The highest BCUT2D eigenvalue weighted by Crippen LogP contribution is 2.20. The van der Waals surface area contributed by atoms with Crippen LogP contribution in [0.3, 0.4) is 0 Å². The smallest absolute Gasteiger partial charge is 0.303 e. The van der Waals surface area contributed by atoms with Crippen LogP contribution >= 0.6 is 12.4 Å². The lowest BCUT2D eigenvalue weighted by Gasteiger charge is -2.18. The summed E-state index contributed by atoms with van der Waals surface area (Å²) in [6.07, 6.45) is 1.26. The molecule has 0 bridgehead atoms. The third-order valence-corrected chi connectivity index (χ3v) is 2.85. The number of carboxylic acid groups (broad SMARTS) is 1. The van der Waals surface area contributed by atoms with Gasteiger partial charge in [-0.15, -0.1) is 12.4 Å². The molecule has 1 heterocycles. The summed E-state index contributed by atoms with van der Waals surface area (Å²) in [5.74, 6) is -1.06. The molecule has 0 spiro atoms. The lowest BCUT2D eigenvalue weighted by Crippen LogP contribution is -2.24. The molecule has 17 heavy (non-hydrogen) atoms. The summed E-state index contributed by atoms with van der Waals surface area (Å²) in [4.78, 5) is 10.4. The van der Waals surface area contributed by atoms with Gasteiger partial charge in [0.05, 0.1) is 0 Å². The lowest BCUT2D eigenvalue weighted by atomic mass is 9.96. The van der Waals surface area contributed by atoms with Crippen molar-refractivity contribution in [3.05, 3.63) is 34.6 Å². The molecule has 2 N–H and O–H groups in total. The van der Waals surface area contributed by atoms with Gasteiger partial charge >= 0.3 is 5.97 Å². The fourth-order valence-corrected chi connectivity index (χ4v) is 2.01. The van der Waals surface area contributed by atoms with Crippen LogP contribution in [0.2, 0.25) is 0 Å². The van der Waals surface area contributed by atoms with Crippen molar-refractivity contribution in [1.82, 2.24) is 5.32 Å². The standard InChI is InChI=1S/C12H14FNO2.ClH/c13-11-6-8(1-2-12(15)16)5-9-3-4-14-7-10(9)11;/h5-6,14H,1-4,7H2,(H,15,16);1H. The summed E-state index contributed by atoms with van der Waals surface area (Å²) in [6, 6.07) is 3.39. The third-order valence-electron chi connectivity index (χ3n) is 2.85. The predicted octanol–water partition coefficient (Wildman–Crippen LogP) is 1.91. The highest BCUT2D eigenvalue weighted by atomic mass is 35.5. The van der Waals surface area contributed by atoms with Crippen molar-refractivity contribution in [3.63, 3.8) is 0 Å². The number of hydrogen-bond donors (Lipinski definition) is 2. The van der Waals surface area contributed by atoms with Gasteiger partial charge in [-0.25, -0.2) is 4.39 Å². The number of carbonyl (C=O) groups is 1. The van der Waals surface area contributed by atoms with E-state index in [1.54, 1.807) is 0 Å². The summed E-state index contributed by atoms with van der Waals surface area (Å²) >= 11 is 0. The van der Waals surface area contributed by atoms with Crippen LogP contribution in [0.25, 0.3) is 0 Å². The van der Waals surface area contributed by atoms with Crippen LogP contribution in [0.4, 0.5) is 4.39 Å². The van der Waals surface area contributed by atoms with Crippen LogP contribution in [0.15, 0.2) is 12.1 Å². The Morgan fingerprint density at radius 1 is 1.47 bits per heavy atom. The van der Waals surface area contributed by atoms with E-state index in [4.69, 9.17) is 5.11 Å². The molecule has 5 heteroatoms. The van der Waals surface area contributed by atoms with E-state index in [1.807, 2.05) is 6.07 Å². The first-order valence-electron chi connectivity index (χ1n) is 5.39. The van der Waals surface area contributed by atoms with E-state index < -0.39 is 5.97 Å². The number of halogens is 2. The second-order valence-electron chi connectivity index (χ2n) is 4.04. The van der Waals surface area contributed by atoms with Gasteiger partial charge in [0, 0.05) is 18.5 Å². The number of hydrogen-bond acceptors (Lipinski definition) is 2. The van der Waals surface area contributed by atoms with Gasteiger partial charge in [0.2, 0.25) is 0 Å². The van der Waals surface area contributed by atoms with E-state index in [2.05, 4.69) is 5.32 Å². The van der Waals surface area contributed by atoms with E-state index in [9.17, 15) is 9.18 Å². The van der Waals surface area contributed by atoms with E-state index in [1.165, 1.54) is 6.07 Å². The quantitative estimate of drug-likeness (QED) is 0.872. The maximum absolute atomic E-state index is 13.7. The Bertz CT molecular complexity index is 423. The number of aliphatic carboxylic acids is 1. The Labute approximate surface area is 105 Å². The zero-order chi connectivity index (χ0) is 11.5. The molecule has 0 radical (unpaired) electrons. The van der Waals surface area contributed by atoms with Gasteiger partial charge in [-0.05, 0) is 36.6 Å². The molecule has 0 fully saturated rings. The molecule has 0 aliphatic carbocycles. The largest absolute Gasteiger partial charge is 0.481 e. The van der Waals surface area contributed by atoms with Crippen LogP contribution in [0.5, 0.6) is 0 Å². The molecule has 1 aliphatic heterocycles. The van der Waals surface area contributed by atoms with Crippen molar-refractivity contribution in [2.75, 3.05) is 6.54 Å². The maximum atomic E-state index is 13.7. The molecule has 0 atom stereocenters. The van der Waals surface area contributed by atoms with E-state index in [0.717, 1.165) is 29.7 Å². The van der Waals surface area contributed by atoms with Gasteiger partial charge in [-0.2, -0.15) is 0 Å². The molecule has 1 aromatic carbocycles. The molecule has 1 aliphatic rings. The highest BCUT2D eigenvalue weighted by molar-refractivity contribution is 5.85. The van der Waals surface area contributed by atoms with Crippen LogP contribution in [-0.2, 0) is 24.2 Å². The Balaban J connectivity index is 0.00000144. The van der Waals surface area contributed by atoms with Crippen molar-refractivity contribution in [3.8, 4) is 0 Å². The highest BCUT2D eigenvalue weighted by Gasteiger charge is 2.14. The minimum Gasteiger partial charge on any atom is -0.481 e. The second-order valence-corrected chi connectivity index (χ2v) is 4.04. The third kappa shape index (κ3) is 3.41. The Morgan fingerprint density at radius 2 is 2.24 bits per heavy atom. The Hall–Kier alpha value is -1.13. The van der Waals surface area contributed by atoms with Crippen molar-refractivity contribution in [1.29, 1.82) is 0 Å². The number of benzene rings is 1. The first kappa shape index (κ1) is 13.9. The fraction of sp³-hybridized carbons (Fsp3) is 0.417. The minimum absolute atomic E-state index is 0. The number of carboxylic acids is 1.